The Morgan fingerprint density at radius 2 is 2.11 bits per heavy atom. The van der Waals surface area contributed by atoms with Gasteiger partial charge in [0.15, 0.2) is 0 Å². The van der Waals surface area contributed by atoms with Crippen LogP contribution >= 0.6 is 27.5 Å². The van der Waals surface area contributed by atoms with Crippen molar-refractivity contribution in [3.05, 3.63) is 49.9 Å². The molecule has 0 saturated carbocycles. The lowest BCUT2D eigenvalue weighted by Crippen LogP contribution is -2.11. The van der Waals surface area contributed by atoms with Gasteiger partial charge >= 0.3 is 0 Å². The zero-order chi connectivity index (χ0) is 14.0. The number of nitrogens with one attached hydrogen (secondary N) is 1. The first-order valence-corrected chi connectivity index (χ1v) is 6.87. The van der Waals surface area contributed by atoms with E-state index in [1.54, 1.807) is 18.2 Å². The average molecular weight is 344 g/mol. The van der Waals surface area contributed by atoms with Gasteiger partial charge < -0.3 is 9.72 Å². The van der Waals surface area contributed by atoms with Crippen LogP contribution in [0.5, 0.6) is 11.6 Å². The molecular formula is C13H12BrClN2O2. The summed E-state index contributed by atoms with van der Waals surface area (Å²) in [4.78, 5) is 18.5. The first-order chi connectivity index (χ1) is 8.95. The van der Waals surface area contributed by atoms with E-state index in [1.165, 1.54) is 6.07 Å². The molecule has 0 amide bonds. The van der Waals surface area contributed by atoms with Gasteiger partial charge in [0.05, 0.1) is 11.1 Å². The summed E-state index contributed by atoms with van der Waals surface area (Å²) < 4.78 is 6.40. The van der Waals surface area contributed by atoms with Crippen molar-refractivity contribution in [2.75, 3.05) is 0 Å². The number of nitrogens with zero attached hydrogens (tertiary/aromatic N) is 1. The standard InChI is InChI=1S/C13H12BrClN2O2/c1-7(2)13-16-11(18)6-12(17-13)19-10-5-8(14)3-4-9(10)15/h3-7H,1-2H3,(H,16,17,18). The molecule has 1 N–H and O–H groups in total. The molecule has 0 bridgehead atoms. The second-order valence-electron chi connectivity index (χ2n) is 4.30. The van der Waals surface area contributed by atoms with Gasteiger partial charge in [-0.3, -0.25) is 4.79 Å². The molecule has 1 aromatic heterocycles. The number of hydrogen-bond acceptors (Lipinski definition) is 3. The summed E-state index contributed by atoms with van der Waals surface area (Å²) in [7, 11) is 0. The van der Waals surface area contributed by atoms with E-state index < -0.39 is 0 Å². The first-order valence-electron chi connectivity index (χ1n) is 5.70. The molecule has 0 saturated heterocycles. The Morgan fingerprint density at radius 3 is 2.79 bits per heavy atom. The van der Waals surface area contributed by atoms with Crippen molar-refractivity contribution in [1.29, 1.82) is 0 Å². The third-order valence-corrected chi connectivity index (χ3v) is 3.20. The second-order valence-corrected chi connectivity index (χ2v) is 5.62. The van der Waals surface area contributed by atoms with Crippen LogP contribution in [0.1, 0.15) is 25.6 Å². The number of rotatable bonds is 3. The van der Waals surface area contributed by atoms with Crippen molar-refractivity contribution in [1.82, 2.24) is 9.97 Å². The number of H-pyrrole nitrogens is 1. The molecule has 0 aliphatic carbocycles. The van der Waals surface area contributed by atoms with Crippen LogP contribution in [0.3, 0.4) is 0 Å². The third-order valence-electron chi connectivity index (χ3n) is 2.39. The second kappa shape index (κ2) is 5.75. The van der Waals surface area contributed by atoms with Crippen LogP contribution in [0.25, 0.3) is 0 Å². The number of halogens is 2. The SMILES string of the molecule is CC(C)c1nc(Oc2cc(Br)ccc2Cl)cc(=O)[nH]1. The van der Waals surface area contributed by atoms with E-state index in [2.05, 4.69) is 25.9 Å². The fourth-order valence-electron chi connectivity index (χ4n) is 1.45. The van der Waals surface area contributed by atoms with Gasteiger partial charge in [0.25, 0.3) is 5.56 Å². The van der Waals surface area contributed by atoms with Gasteiger partial charge in [-0.05, 0) is 18.2 Å². The summed E-state index contributed by atoms with van der Waals surface area (Å²) in [5.74, 6) is 1.36. The smallest absolute Gasteiger partial charge is 0.254 e. The molecule has 2 aromatic rings. The Bertz CT molecular complexity index is 655. The molecule has 0 aliphatic rings. The highest BCUT2D eigenvalue weighted by atomic mass is 79.9. The highest BCUT2D eigenvalue weighted by Gasteiger charge is 2.09. The van der Waals surface area contributed by atoms with E-state index in [4.69, 9.17) is 16.3 Å². The number of aromatic amines is 1. The van der Waals surface area contributed by atoms with Crippen LogP contribution < -0.4 is 10.3 Å². The molecular weight excluding hydrogens is 332 g/mol. The lowest BCUT2D eigenvalue weighted by atomic mass is 10.2. The Morgan fingerprint density at radius 1 is 1.37 bits per heavy atom. The van der Waals surface area contributed by atoms with Crippen molar-refractivity contribution in [2.24, 2.45) is 0 Å². The molecule has 0 unspecified atom stereocenters. The normalized spacial score (nSPS) is 10.8. The quantitative estimate of drug-likeness (QED) is 0.912. The fraction of sp³-hybridized carbons (Fsp3) is 0.231. The number of benzene rings is 1. The Hall–Kier alpha value is -1.33. The van der Waals surface area contributed by atoms with Gasteiger partial charge in [-0.15, -0.1) is 0 Å². The highest BCUT2D eigenvalue weighted by Crippen LogP contribution is 2.31. The Labute approximate surface area is 123 Å². The van der Waals surface area contributed by atoms with E-state index in [1.807, 2.05) is 13.8 Å². The number of ether oxygens (including phenoxy) is 1. The molecule has 2 rings (SSSR count). The van der Waals surface area contributed by atoms with Crippen molar-refractivity contribution in [3.8, 4) is 11.6 Å². The zero-order valence-electron chi connectivity index (χ0n) is 10.4. The first kappa shape index (κ1) is 14.1. The van der Waals surface area contributed by atoms with E-state index >= 15 is 0 Å². The summed E-state index contributed by atoms with van der Waals surface area (Å²) in [6.45, 7) is 3.88. The molecule has 100 valence electrons. The molecule has 19 heavy (non-hydrogen) atoms. The molecule has 1 aromatic carbocycles. The maximum Gasteiger partial charge on any atom is 0.254 e. The minimum atomic E-state index is -0.250. The van der Waals surface area contributed by atoms with Crippen LogP contribution in [0.15, 0.2) is 33.5 Å². The summed E-state index contributed by atoms with van der Waals surface area (Å²) in [5, 5.41) is 0.455. The summed E-state index contributed by atoms with van der Waals surface area (Å²) >= 11 is 9.36. The monoisotopic (exact) mass is 342 g/mol. The van der Waals surface area contributed by atoms with Crippen molar-refractivity contribution >= 4 is 27.5 Å². The molecule has 0 fully saturated rings. The molecule has 0 aliphatic heterocycles. The highest BCUT2D eigenvalue weighted by molar-refractivity contribution is 9.10. The van der Waals surface area contributed by atoms with Gasteiger partial charge in [-0.25, -0.2) is 0 Å². The Kier molecular flexibility index (Phi) is 4.27. The average Bonchev–Trinajstić information content (AvgIpc) is 2.33. The van der Waals surface area contributed by atoms with Gasteiger partial charge in [0.1, 0.15) is 11.6 Å². The summed E-state index contributed by atoms with van der Waals surface area (Å²) in [5.41, 5.74) is -0.250. The zero-order valence-corrected chi connectivity index (χ0v) is 12.7. The van der Waals surface area contributed by atoms with Crippen molar-refractivity contribution < 1.29 is 4.74 Å². The number of hydrogen-bond donors (Lipinski definition) is 1. The summed E-state index contributed by atoms with van der Waals surface area (Å²) in [6, 6.07) is 6.53. The third kappa shape index (κ3) is 3.58. The van der Waals surface area contributed by atoms with Gasteiger partial charge in [-0.2, -0.15) is 4.98 Å². The van der Waals surface area contributed by atoms with Gasteiger partial charge in [-0.1, -0.05) is 41.4 Å². The summed E-state index contributed by atoms with van der Waals surface area (Å²) in [6.07, 6.45) is 0. The fourth-order valence-corrected chi connectivity index (χ4v) is 1.94. The predicted octanol–water partition coefficient (Wildman–Crippen LogP) is 4.10. The largest absolute Gasteiger partial charge is 0.437 e. The molecule has 0 atom stereocenters. The minimum absolute atomic E-state index is 0.106. The Balaban J connectivity index is 2.38. The molecule has 0 radical (unpaired) electrons. The number of aromatic nitrogens is 2. The van der Waals surface area contributed by atoms with Crippen LogP contribution in [-0.2, 0) is 0 Å². The molecule has 0 spiro atoms. The maximum absolute atomic E-state index is 11.5. The van der Waals surface area contributed by atoms with E-state index in [-0.39, 0.29) is 17.4 Å². The van der Waals surface area contributed by atoms with E-state index in [9.17, 15) is 4.79 Å². The van der Waals surface area contributed by atoms with E-state index in [0.29, 0.717) is 16.6 Å². The van der Waals surface area contributed by atoms with Crippen LogP contribution in [0, 0.1) is 0 Å². The topological polar surface area (TPSA) is 55.0 Å². The maximum atomic E-state index is 11.5. The lowest BCUT2D eigenvalue weighted by Gasteiger charge is -2.09. The van der Waals surface area contributed by atoms with Crippen LogP contribution in [-0.4, -0.2) is 9.97 Å². The van der Waals surface area contributed by atoms with Crippen molar-refractivity contribution in [2.45, 2.75) is 19.8 Å². The predicted molar refractivity (Wildman–Crippen MR) is 78.2 cm³/mol. The van der Waals surface area contributed by atoms with E-state index in [0.717, 1.165) is 4.47 Å². The molecule has 1 heterocycles. The minimum Gasteiger partial charge on any atom is -0.437 e. The lowest BCUT2D eigenvalue weighted by molar-refractivity contribution is 0.455. The molecule has 4 nitrogen and oxygen atoms in total. The van der Waals surface area contributed by atoms with Crippen LogP contribution in [0.2, 0.25) is 5.02 Å². The van der Waals surface area contributed by atoms with Crippen molar-refractivity contribution in [3.63, 3.8) is 0 Å². The van der Waals surface area contributed by atoms with Gasteiger partial charge in [0.2, 0.25) is 5.88 Å². The molecule has 6 heteroatoms. The van der Waals surface area contributed by atoms with Gasteiger partial charge in [0, 0.05) is 10.4 Å². The van der Waals surface area contributed by atoms with Crippen LogP contribution in [0.4, 0.5) is 0 Å².